The van der Waals surface area contributed by atoms with Gasteiger partial charge in [0.25, 0.3) is 0 Å². The van der Waals surface area contributed by atoms with Crippen LogP contribution in [0.5, 0.6) is 0 Å². The van der Waals surface area contributed by atoms with Crippen molar-refractivity contribution in [1.82, 2.24) is 10.2 Å². The molecule has 0 amide bonds. The second-order valence-corrected chi connectivity index (χ2v) is 6.59. The van der Waals surface area contributed by atoms with Gasteiger partial charge in [-0.15, -0.1) is 0 Å². The second kappa shape index (κ2) is 6.73. The Morgan fingerprint density at radius 2 is 1.95 bits per heavy atom. The molecule has 1 aliphatic heterocycles. The maximum Gasteiger partial charge on any atom is 0.0148 e. The maximum atomic E-state index is 3.83. The molecule has 0 unspecified atom stereocenters. The van der Waals surface area contributed by atoms with E-state index in [1.54, 1.807) is 11.1 Å². The van der Waals surface area contributed by atoms with E-state index in [1.807, 2.05) is 0 Å². The first-order valence-corrected chi connectivity index (χ1v) is 8.37. The Morgan fingerprint density at radius 3 is 2.65 bits per heavy atom. The molecule has 1 aromatic rings. The summed E-state index contributed by atoms with van der Waals surface area (Å²) in [6.07, 6.45) is 6.53. The van der Waals surface area contributed by atoms with Crippen LogP contribution in [0.4, 0.5) is 0 Å². The second-order valence-electron chi connectivity index (χ2n) is 6.59. The largest absolute Gasteiger partial charge is 0.313 e. The zero-order valence-corrected chi connectivity index (χ0v) is 12.8. The molecular formula is C18H28N2. The molecule has 0 saturated carbocycles. The van der Waals surface area contributed by atoms with E-state index in [2.05, 4.69) is 41.4 Å². The number of benzene rings is 1. The molecule has 20 heavy (non-hydrogen) atoms. The highest BCUT2D eigenvalue weighted by Gasteiger charge is 2.23. The molecule has 1 fully saturated rings. The Bertz CT molecular complexity index is 402. The Morgan fingerprint density at radius 1 is 1.20 bits per heavy atom. The van der Waals surface area contributed by atoms with Crippen molar-refractivity contribution in [1.29, 1.82) is 0 Å². The summed E-state index contributed by atoms with van der Waals surface area (Å²) in [5, 5.41) is 3.83. The molecule has 1 N–H and O–H groups in total. The van der Waals surface area contributed by atoms with Gasteiger partial charge in [0.15, 0.2) is 0 Å². The van der Waals surface area contributed by atoms with E-state index in [4.69, 9.17) is 0 Å². The Balaban J connectivity index is 1.44. The van der Waals surface area contributed by atoms with Crippen LogP contribution in [0.2, 0.25) is 0 Å². The fourth-order valence-corrected chi connectivity index (χ4v) is 3.87. The average Bonchev–Trinajstić information content (AvgIpc) is 2.89. The van der Waals surface area contributed by atoms with Gasteiger partial charge in [-0.05, 0) is 68.8 Å². The Hall–Kier alpha value is -0.860. The minimum Gasteiger partial charge on any atom is -0.313 e. The van der Waals surface area contributed by atoms with Crippen LogP contribution >= 0.6 is 0 Å². The van der Waals surface area contributed by atoms with Gasteiger partial charge in [-0.3, -0.25) is 0 Å². The molecule has 110 valence electrons. The predicted octanol–water partition coefficient (Wildman–Crippen LogP) is 2.87. The van der Waals surface area contributed by atoms with Gasteiger partial charge < -0.3 is 10.2 Å². The van der Waals surface area contributed by atoms with Crippen molar-refractivity contribution in [2.75, 3.05) is 26.2 Å². The van der Waals surface area contributed by atoms with E-state index in [0.29, 0.717) is 6.04 Å². The molecule has 2 nitrogen and oxygen atoms in total. The first-order chi connectivity index (χ1) is 9.85. The monoisotopic (exact) mass is 272 g/mol. The Labute approximate surface area is 123 Å². The van der Waals surface area contributed by atoms with Crippen molar-refractivity contribution in [2.45, 2.75) is 45.1 Å². The van der Waals surface area contributed by atoms with Gasteiger partial charge in [-0.25, -0.2) is 0 Å². The fourth-order valence-electron chi connectivity index (χ4n) is 3.87. The number of hydrogen-bond donors (Lipinski definition) is 1. The topological polar surface area (TPSA) is 15.3 Å². The first kappa shape index (κ1) is 14.1. The van der Waals surface area contributed by atoms with Crippen molar-refractivity contribution in [3.63, 3.8) is 0 Å². The quantitative estimate of drug-likeness (QED) is 0.886. The minimum absolute atomic E-state index is 0.675. The third-order valence-electron chi connectivity index (χ3n) is 4.89. The molecule has 1 aliphatic carbocycles. The van der Waals surface area contributed by atoms with E-state index in [0.717, 1.165) is 5.92 Å². The third-order valence-corrected chi connectivity index (χ3v) is 4.89. The highest BCUT2D eigenvalue weighted by atomic mass is 15.1. The van der Waals surface area contributed by atoms with Crippen LogP contribution in [-0.4, -0.2) is 37.1 Å². The molecule has 0 spiro atoms. The third kappa shape index (κ3) is 3.42. The van der Waals surface area contributed by atoms with Gasteiger partial charge in [-0.1, -0.05) is 31.2 Å². The summed E-state index contributed by atoms with van der Waals surface area (Å²) in [4.78, 5) is 2.65. The van der Waals surface area contributed by atoms with E-state index < -0.39 is 0 Å². The Kier molecular flexibility index (Phi) is 4.74. The van der Waals surface area contributed by atoms with E-state index in [-0.39, 0.29) is 0 Å². The van der Waals surface area contributed by atoms with Gasteiger partial charge in [0.05, 0.1) is 0 Å². The number of rotatable bonds is 5. The highest BCUT2D eigenvalue weighted by Crippen LogP contribution is 2.22. The van der Waals surface area contributed by atoms with E-state index in [9.17, 15) is 0 Å². The van der Waals surface area contributed by atoms with Crippen LogP contribution in [-0.2, 0) is 12.8 Å². The van der Waals surface area contributed by atoms with Gasteiger partial charge in [0.1, 0.15) is 0 Å². The summed E-state index contributed by atoms with van der Waals surface area (Å²) < 4.78 is 0. The predicted molar refractivity (Wildman–Crippen MR) is 85.1 cm³/mol. The van der Waals surface area contributed by atoms with Gasteiger partial charge >= 0.3 is 0 Å². The molecule has 1 aromatic carbocycles. The summed E-state index contributed by atoms with van der Waals surface area (Å²) in [6.45, 7) is 7.40. The summed E-state index contributed by atoms with van der Waals surface area (Å²) in [7, 11) is 0. The number of hydrogen-bond acceptors (Lipinski definition) is 2. The number of nitrogens with one attached hydrogen (secondary N) is 1. The molecule has 3 rings (SSSR count). The molecule has 2 heteroatoms. The first-order valence-electron chi connectivity index (χ1n) is 8.37. The number of piperidine rings is 1. The summed E-state index contributed by atoms with van der Waals surface area (Å²) in [5.41, 5.74) is 3.11. The molecule has 0 bridgehead atoms. The van der Waals surface area contributed by atoms with Crippen LogP contribution in [0.25, 0.3) is 0 Å². The summed E-state index contributed by atoms with van der Waals surface area (Å²) >= 11 is 0. The van der Waals surface area contributed by atoms with Gasteiger partial charge in [0, 0.05) is 12.6 Å². The highest BCUT2D eigenvalue weighted by molar-refractivity contribution is 5.33. The smallest absolute Gasteiger partial charge is 0.0148 e. The van der Waals surface area contributed by atoms with Crippen molar-refractivity contribution in [3.8, 4) is 0 Å². The number of fused-ring (bicyclic) bond motifs is 1. The van der Waals surface area contributed by atoms with E-state index in [1.165, 1.54) is 58.3 Å². The SMILES string of the molecule is CCCN1CCC[C@H](CNC2Cc3ccccc3C2)C1. The van der Waals surface area contributed by atoms with Crippen LogP contribution in [0.3, 0.4) is 0 Å². The molecule has 1 saturated heterocycles. The lowest BCUT2D eigenvalue weighted by Gasteiger charge is -2.33. The molecule has 1 heterocycles. The van der Waals surface area contributed by atoms with Crippen molar-refractivity contribution in [3.05, 3.63) is 35.4 Å². The fraction of sp³-hybridized carbons (Fsp3) is 0.667. The molecule has 0 aromatic heterocycles. The van der Waals surface area contributed by atoms with Crippen LogP contribution in [0.1, 0.15) is 37.3 Å². The van der Waals surface area contributed by atoms with E-state index >= 15 is 0 Å². The zero-order chi connectivity index (χ0) is 13.8. The minimum atomic E-state index is 0.675. The maximum absolute atomic E-state index is 3.83. The van der Waals surface area contributed by atoms with Crippen molar-refractivity contribution in [2.24, 2.45) is 5.92 Å². The summed E-state index contributed by atoms with van der Waals surface area (Å²) in [5.74, 6) is 0.860. The number of likely N-dealkylation sites (tertiary alicyclic amines) is 1. The number of nitrogens with zero attached hydrogens (tertiary/aromatic N) is 1. The van der Waals surface area contributed by atoms with Crippen LogP contribution in [0, 0.1) is 5.92 Å². The average molecular weight is 272 g/mol. The summed E-state index contributed by atoms with van der Waals surface area (Å²) in [6, 6.07) is 9.60. The molecule has 0 radical (unpaired) electrons. The van der Waals surface area contributed by atoms with Crippen molar-refractivity contribution >= 4 is 0 Å². The van der Waals surface area contributed by atoms with Gasteiger partial charge in [-0.2, -0.15) is 0 Å². The zero-order valence-electron chi connectivity index (χ0n) is 12.8. The molecule has 2 aliphatic rings. The molecular weight excluding hydrogens is 244 g/mol. The lowest BCUT2D eigenvalue weighted by molar-refractivity contribution is 0.170. The van der Waals surface area contributed by atoms with Gasteiger partial charge in [0.2, 0.25) is 0 Å². The lowest BCUT2D eigenvalue weighted by atomic mass is 9.97. The normalized spacial score (nSPS) is 23.9. The molecule has 1 atom stereocenters. The standard InChI is InChI=1S/C18H28N2/c1-2-9-20-10-5-6-15(14-20)13-19-18-11-16-7-3-4-8-17(16)12-18/h3-4,7-8,15,18-19H,2,5-6,9-14H2,1H3/t15-/m1/s1. The van der Waals surface area contributed by atoms with Crippen LogP contribution in [0.15, 0.2) is 24.3 Å². The van der Waals surface area contributed by atoms with Crippen LogP contribution < -0.4 is 5.32 Å². The lowest BCUT2D eigenvalue weighted by Crippen LogP contribution is -2.42. The van der Waals surface area contributed by atoms with Crippen molar-refractivity contribution < 1.29 is 0 Å².